The Morgan fingerprint density at radius 2 is 2.07 bits per heavy atom. The molecular weight excluding hydrogens is 378 g/mol. The number of carbonyl (C=O) groups excluding carboxylic acids is 1. The van der Waals surface area contributed by atoms with Crippen molar-refractivity contribution in [1.29, 1.82) is 0 Å². The molecule has 27 heavy (non-hydrogen) atoms. The van der Waals surface area contributed by atoms with E-state index in [4.69, 9.17) is 0 Å². The first-order chi connectivity index (χ1) is 13.0. The highest BCUT2D eigenvalue weighted by atomic mass is 32.2. The van der Waals surface area contributed by atoms with E-state index in [0.717, 1.165) is 0 Å². The van der Waals surface area contributed by atoms with Gasteiger partial charge < -0.3 is 5.32 Å². The summed E-state index contributed by atoms with van der Waals surface area (Å²) in [5.74, 6) is 1.64. The van der Waals surface area contributed by atoms with Crippen LogP contribution in [0.1, 0.15) is 31.0 Å². The molecule has 0 fully saturated rings. The van der Waals surface area contributed by atoms with Crippen molar-refractivity contribution in [3.8, 4) is 0 Å². The summed E-state index contributed by atoms with van der Waals surface area (Å²) in [6, 6.07) is 11.8. The molecule has 0 aliphatic carbocycles. The number of carbonyl (C=O) groups is 1. The lowest BCUT2D eigenvalue weighted by molar-refractivity contribution is -0.118. The third-order valence-corrected chi connectivity index (χ3v) is 6.11. The van der Waals surface area contributed by atoms with Crippen LogP contribution in [0.2, 0.25) is 0 Å². The lowest BCUT2D eigenvalue weighted by atomic mass is 9.88. The van der Waals surface area contributed by atoms with Crippen LogP contribution in [0, 0.1) is 5.92 Å². The number of thioether (sulfide) groups is 1. The number of hydrogen-bond acceptors (Lipinski definition) is 5. The second kappa shape index (κ2) is 9.19. The number of hydrogen-bond donors (Lipinski definition) is 1. The topological polar surface area (TPSA) is 63.5 Å². The van der Waals surface area contributed by atoms with E-state index in [9.17, 15) is 9.59 Å². The Labute approximate surface area is 166 Å². The van der Waals surface area contributed by atoms with E-state index < -0.39 is 0 Å². The minimum absolute atomic E-state index is 0.00973. The number of rotatable bonds is 8. The van der Waals surface area contributed by atoms with Crippen LogP contribution in [0.4, 0.5) is 0 Å². The van der Waals surface area contributed by atoms with Crippen molar-refractivity contribution in [3.05, 3.63) is 69.6 Å². The maximum atomic E-state index is 12.2. The molecule has 0 spiro atoms. The van der Waals surface area contributed by atoms with Crippen molar-refractivity contribution in [1.82, 2.24) is 14.7 Å². The minimum Gasteiger partial charge on any atom is -0.355 e. The molecule has 7 heteroatoms. The SMILES string of the molecule is CC(C)C(CNC(=O)CSCc1cc(=O)n2ccsc2n1)c1ccccc1. The molecule has 2 aromatic heterocycles. The predicted molar refractivity (Wildman–Crippen MR) is 113 cm³/mol. The summed E-state index contributed by atoms with van der Waals surface area (Å²) < 4.78 is 1.53. The van der Waals surface area contributed by atoms with Gasteiger partial charge in [-0.25, -0.2) is 4.98 Å². The lowest BCUT2D eigenvalue weighted by Gasteiger charge is -2.21. The summed E-state index contributed by atoms with van der Waals surface area (Å²) in [7, 11) is 0. The zero-order chi connectivity index (χ0) is 19.2. The Kier molecular flexibility index (Phi) is 6.68. The standard InChI is InChI=1S/C20H23N3O2S2/c1-14(2)17(15-6-4-3-5-7-15)11-21-18(24)13-26-12-16-10-19(25)23-8-9-27-20(23)22-16/h3-10,14,17H,11-13H2,1-2H3,(H,21,24). The molecule has 0 bridgehead atoms. The predicted octanol–water partition coefficient (Wildman–Crippen LogP) is 3.55. The van der Waals surface area contributed by atoms with Crippen molar-refractivity contribution in [2.45, 2.75) is 25.5 Å². The molecule has 1 aromatic carbocycles. The fourth-order valence-corrected chi connectivity index (χ4v) is 4.41. The molecular formula is C20H23N3O2S2. The Hall–Kier alpha value is -2.12. The highest BCUT2D eigenvalue weighted by Crippen LogP contribution is 2.23. The molecule has 3 rings (SSSR count). The van der Waals surface area contributed by atoms with Crippen LogP contribution in [0.5, 0.6) is 0 Å². The molecule has 142 valence electrons. The van der Waals surface area contributed by atoms with Crippen LogP contribution >= 0.6 is 23.1 Å². The summed E-state index contributed by atoms with van der Waals surface area (Å²) in [6.07, 6.45) is 1.72. The second-order valence-electron chi connectivity index (χ2n) is 6.70. The molecule has 0 saturated carbocycles. The number of thiazole rings is 1. The van der Waals surface area contributed by atoms with Gasteiger partial charge in [-0.1, -0.05) is 44.2 Å². The average molecular weight is 402 g/mol. The largest absolute Gasteiger partial charge is 0.355 e. The average Bonchev–Trinajstić information content (AvgIpc) is 3.12. The van der Waals surface area contributed by atoms with E-state index in [0.29, 0.717) is 40.5 Å². The van der Waals surface area contributed by atoms with Gasteiger partial charge in [-0.05, 0) is 11.5 Å². The number of aromatic nitrogens is 2. The van der Waals surface area contributed by atoms with Crippen LogP contribution in [0.15, 0.2) is 52.8 Å². The smallest absolute Gasteiger partial charge is 0.258 e. The maximum Gasteiger partial charge on any atom is 0.258 e. The Morgan fingerprint density at radius 1 is 1.30 bits per heavy atom. The van der Waals surface area contributed by atoms with Crippen molar-refractivity contribution in [2.75, 3.05) is 12.3 Å². The van der Waals surface area contributed by atoms with Crippen LogP contribution < -0.4 is 10.9 Å². The van der Waals surface area contributed by atoms with Crippen LogP contribution in [-0.2, 0) is 10.5 Å². The van der Waals surface area contributed by atoms with Gasteiger partial charge in [0, 0.05) is 35.9 Å². The van der Waals surface area contributed by atoms with E-state index in [2.05, 4.69) is 36.3 Å². The van der Waals surface area contributed by atoms with Gasteiger partial charge in [0.2, 0.25) is 5.91 Å². The van der Waals surface area contributed by atoms with Crippen LogP contribution in [0.25, 0.3) is 4.96 Å². The first-order valence-corrected chi connectivity index (χ1v) is 10.9. The lowest BCUT2D eigenvalue weighted by Crippen LogP contribution is -2.31. The van der Waals surface area contributed by atoms with Crippen molar-refractivity contribution in [2.24, 2.45) is 5.92 Å². The van der Waals surface area contributed by atoms with Gasteiger partial charge >= 0.3 is 0 Å². The molecule has 1 N–H and O–H groups in total. The van der Waals surface area contributed by atoms with Crippen molar-refractivity contribution < 1.29 is 4.79 Å². The number of nitrogens with zero attached hydrogens (tertiary/aromatic N) is 2. The van der Waals surface area contributed by atoms with E-state index in [1.165, 1.54) is 39.1 Å². The normalized spacial score (nSPS) is 12.4. The fraction of sp³-hybridized carbons (Fsp3) is 0.350. The Morgan fingerprint density at radius 3 is 2.81 bits per heavy atom. The molecule has 0 aliphatic rings. The number of fused-ring (bicyclic) bond motifs is 1. The molecule has 0 radical (unpaired) electrons. The van der Waals surface area contributed by atoms with Crippen LogP contribution in [-0.4, -0.2) is 27.6 Å². The number of amides is 1. The zero-order valence-corrected chi connectivity index (χ0v) is 17.1. The zero-order valence-electron chi connectivity index (χ0n) is 15.4. The van der Waals surface area contributed by atoms with Gasteiger partial charge in [-0.3, -0.25) is 14.0 Å². The summed E-state index contributed by atoms with van der Waals surface area (Å²) >= 11 is 2.90. The van der Waals surface area contributed by atoms with E-state index in [1.54, 1.807) is 6.20 Å². The molecule has 5 nitrogen and oxygen atoms in total. The Bertz CT molecular complexity index is 951. The van der Waals surface area contributed by atoms with Gasteiger partial charge in [0.1, 0.15) is 0 Å². The van der Waals surface area contributed by atoms with Gasteiger partial charge in [0.25, 0.3) is 5.56 Å². The van der Waals surface area contributed by atoms with Gasteiger partial charge in [0.05, 0.1) is 11.4 Å². The van der Waals surface area contributed by atoms with Crippen molar-refractivity contribution >= 4 is 34.0 Å². The monoisotopic (exact) mass is 401 g/mol. The van der Waals surface area contributed by atoms with Crippen molar-refractivity contribution in [3.63, 3.8) is 0 Å². The second-order valence-corrected chi connectivity index (χ2v) is 8.56. The minimum atomic E-state index is -0.0797. The fourth-order valence-electron chi connectivity index (χ4n) is 2.92. The highest BCUT2D eigenvalue weighted by Gasteiger charge is 2.16. The summed E-state index contributed by atoms with van der Waals surface area (Å²) in [5, 5.41) is 4.88. The summed E-state index contributed by atoms with van der Waals surface area (Å²) in [6.45, 7) is 4.97. The third kappa shape index (κ3) is 5.20. The highest BCUT2D eigenvalue weighted by molar-refractivity contribution is 7.99. The van der Waals surface area contributed by atoms with Gasteiger partial charge in [-0.15, -0.1) is 23.1 Å². The van der Waals surface area contributed by atoms with E-state index in [-0.39, 0.29) is 11.5 Å². The van der Waals surface area contributed by atoms with E-state index in [1.807, 2.05) is 23.6 Å². The molecule has 1 unspecified atom stereocenters. The maximum absolute atomic E-state index is 12.2. The molecule has 1 atom stereocenters. The molecule has 0 aliphatic heterocycles. The van der Waals surface area contributed by atoms with E-state index >= 15 is 0 Å². The first-order valence-electron chi connectivity index (χ1n) is 8.90. The first kappa shape index (κ1) is 19.6. The quantitative estimate of drug-likeness (QED) is 0.627. The molecule has 0 saturated heterocycles. The Balaban J connectivity index is 1.49. The molecule has 2 heterocycles. The molecule has 3 aromatic rings. The number of benzene rings is 1. The summed E-state index contributed by atoms with van der Waals surface area (Å²) in [4.78, 5) is 29.3. The summed E-state index contributed by atoms with van der Waals surface area (Å²) in [5.41, 5.74) is 1.88. The van der Waals surface area contributed by atoms with Gasteiger partial charge in [-0.2, -0.15) is 0 Å². The molecule has 1 amide bonds. The third-order valence-electron chi connectivity index (χ3n) is 4.39. The number of nitrogens with one attached hydrogen (secondary N) is 1. The van der Waals surface area contributed by atoms with Gasteiger partial charge in [0.15, 0.2) is 4.96 Å². The van der Waals surface area contributed by atoms with Crippen LogP contribution in [0.3, 0.4) is 0 Å².